The Morgan fingerprint density at radius 2 is 1.09 bits per heavy atom. The number of hydrogen-bond donors (Lipinski definition) is 7. The third-order valence-corrected chi connectivity index (χ3v) is 9.28. The van der Waals surface area contributed by atoms with Crippen LogP contribution < -0.4 is 0 Å². The first-order valence-electron chi connectivity index (χ1n) is 17.6. The normalized spacial score (nSPS) is 22.1. The predicted octanol–water partition coefficient (Wildman–Crippen LogP) is 2.01. The number of ether oxygens (including phenoxy) is 2. The number of phosphoric ester groups is 2. The molecule has 16 nitrogen and oxygen atoms in total. The Bertz CT molecular complexity index is 1540. The Balaban J connectivity index is 2.77. The van der Waals surface area contributed by atoms with Gasteiger partial charge in [-0.25, -0.2) is 13.9 Å². The smallest absolute Gasteiger partial charge is 0.456 e. The molecule has 54 heavy (non-hydrogen) atoms. The minimum atomic E-state index is -5.33. The van der Waals surface area contributed by atoms with Crippen LogP contribution in [0.1, 0.15) is 96.8 Å². The minimum Gasteiger partial charge on any atom is -0.456 e. The monoisotopic (exact) mass is 800 g/mol. The summed E-state index contributed by atoms with van der Waals surface area (Å²) in [5.74, 6) is 18.2. The molecule has 7 N–H and O–H groups in total. The van der Waals surface area contributed by atoms with Crippen LogP contribution >= 0.6 is 15.6 Å². The van der Waals surface area contributed by atoms with Gasteiger partial charge >= 0.3 is 27.6 Å². The lowest BCUT2D eigenvalue weighted by molar-refractivity contribution is -0.216. The van der Waals surface area contributed by atoms with Gasteiger partial charge in [-0.1, -0.05) is 84.0 Å². The van der Waals surface area contributed by atoms with Crippen molar-refractivity contribution in [2.24, 2.45) is 0 Å². The highest BCUT2D eigenvalue weighted by Crippen LogP contribution is 2.48. The Morgan fingerprint density at radius 3 is 1.57 bits per heavy atom. The van der Waals surface area contributed by atoms with Crippen LogP contribution in [0.3, 0.4) is 0 Å². The van der Waals surface area contributed by atoms with E-state index in [2.05, 4.69) is 58.8 Å². The second kappa shape index (κ2) is 27.4. The number of phosphoric acid groups is 2. The average molecular weight is 801 g/mol. The van der Waals surface area contributed by atoms with Crippen molar-refractivity contribution in [2.45, 2.75) is 140 Å². The third kappa shape index (κ3) is 22.2. The van der Waals surface area contributed by atoms with Crippen LogP contribution in [0.15, 0.2) is 0 Å². The molecule has 8 atom stereocenters. The lowest BCUT2D eigenvalue weighted by Gasteiger charge is -2.43. The van der Waals surface area contributed by atoms with E-state index in [0.29, 0.717) is 6.42 Å². The van der Waals surface area contributed by atoms with Crippen molar-refractivity contribution < 1.29 is 76.9 Å². The fourth-order valence-electron chi connectivity index (χ4n) is 5.08. The van der Waals surface area contributed by atoms with Gasteiger partial charge in [0.2, 0.25) is 0 Å². The summed E-state index contributed by atoms with van der Waals surface area (Å²) >= 11 is 0. The molecule has 1 aliphatic carbocycles. The summed E-state index contributed by atoms with van der Waals surface area (Å²) in [6, 6.07) is 0. The predicted molar refractivity (Wildman–Crippen MR) is 193 cm³/mol. The molecule has 18 heteroatoms. The van der Waals surface area contributed by atoms with Crippen molar-refractivity contribution >= 4 is 27.6 Å². The summed E-state index contributed by atoms with van der Waals surface area (Å²) in [5, 5.41) is 41.1. The summed E-state index contributed by atoms with van der Waals surface area (Å²) in [4.78, 5) is 53.0. The van der Waals surface area contributed by atoms with E-state index < -0.39 is 83.5 Å². The first-order chi connectivity index (χ1) is 25.6. The molecule has 0 aliphatic heterocycles. The number of hydrogen-bond acceptors (Lipinski definition) is 13. The molecule has 0 saturated heterocycles. The fraction of sp³-hybridized carbons (Fsp3) is 0.667. The second-order valence-electron chi connectivity index (χ2n) is 12.2. The largest absolute Gasteiger partial charge is 0.472 e. The molecule has 0 aromatic rings. The zero-order valence-corrected chi connectivity index (χ0v) is 31.9. The first-order valence-corrected chi connectivity index (χ1v) is 20.6. The number of terminal acetylenes is 1. The SMILES string of the molecule is C#CC#CC#CC#CC#CC(=O)OC[C@@H](COP(=O)(O)OC1C(O)[C@@H](O)C(OP(=O)(O)O)[C@@H](O)[C@H]1O)OC(=O)CCCCCCCCCCCCCCC. The van der Waals surface area contributed by atoms with Crippen molar-refractivity contribution in [3.63, 3.8) is 0 Å². The van der Waals surface area contributed by atoms with Crippen molar-refractivity contribution in [3.8, 4) is 59.7 Å². The van der Waals surface area contributed by atoms with Gasteiger partial charge in [0.15, 0.2) is 6.10 Å². The molecule has 0 bridgehead atoms. The maximum absolute atomic E-state index is 12.8. The van der Waals surface area contributed by atoms with E-state index >= 15 is 0 Å². The van der Waals surface area contributed by atoms with E-state index in [1.165, 1.54) is 44.9 Å². The molecule has 0 aromatic heterocycles. The van der Waals surface area contributed by atoms with E-state index in [1.54, 1.807) is 0 Å². The molecule has 1 rings (SSSR count). The van der Waals surface area contributed by atoms with Crippen LogP contribution in [0.25, 0.3) is 0 Å². The lowest BCUT2D eigenvalue weighted by Crippen LogP contribution is -2.64. The number of carbonyl (C=O) groups is 2. The Kier molecular flexibility index (Phi) is 24.8. The number of aliphatic hydroxyl groups excluding tert-OH is 4. The number of esters is 2. The van der Waals surface area contributed by atoms with Crippen molar-refractivity contribution in [1.29, 1.82) is 0 Å². The highest BCUT2D eigenvalue weighted by molar-refractivity contribution is 7.47. The van der Waals surface area contributed by atoms with Gasteiger partial charge in [0, 0.05) is 12.3 Å². The lowest BCUT2D eigenvalue weighted by atomic mass is 9.85. The molecular formula is C36H50O16P2. The molecule has 0 radical (unpaired) electrons. The maximum Gasteiger partial charge on any atom is 0.472 e. The van der Waals surface area contributed by atoms with Gasteiger partial charge in [0.05, 0.1) is 6.61 Å². The van der Waals surface area contributed by atoms with Gasteiger partial charge in [-0.3, -0.25) is 18.4 Å². The maximum atomic E-state index is 12.8. The summed E-state index contributed by atoms with van der Waals surface area (Å²) in [7, 11) is -10.7. The van der Waals surface area contributed by atoms with E-state index in [1.807, 2.05) is 5.92 Å². The summed E-state index contributed by atoms with van der Waals surface area (Å²) in [6.45, 7) is 0.557. The van der Waals surface area contributed by atoms with Gasteiger partial charge in [-0.2, -0.15) is 0 Å². The van der Waals surface area contributed by atoms with Crippen LogP contribution in [0.5, 0.6) is 0 Å². The molecule has 1 fully saturated rings. The molecule has 0 aromatic carbocycles. The number of carbonyl (C=O) groups excluding carboxylic acids is 2. The van der Waals surface area contributed by atoms with Gasteiger partial charge in [-0.05, 0) is 53.8 Å². The highest BCUT2D eigenvalue weighted by atomic mass is 31.2. The molecule has 1 aliphatic rings. The van der Waals surface area contributed by atoms with Crippen LogP contribution in [-0.4, -0.2) is 103 Å². The first kappa shape index (κ1) is 48.8. The van der Waals surface area contributed by atoms with E-state index in [0.717, 1.165) is 32.1 Å². The van der Waals surface area contributed by atoms with Gasteiger partial charge in [-0.15, -0.1) is 6.42 Å². The second-order valence-corrected chi connectivity index (χ2v) is 14.8. The van der Waals surface area contributed by atoms with Crippen LogP contribution in [-0.2, 0) is 41.8 Å². The molecule has 0 heterocycles. The van der Waals surface area contributed by atoms with Gasteiger partial charge in [0.1, 0.15) is 43.2 Å². The molecule has 0 amide bonds. The molecule has 4 unspecified atom stereocenters. The Morgan fingerprint density at radius 1 is 0.648 bits per heavy atom. The number of aliphatic hydroxyl groups is 4. The molecule has 300 valence electrons. The van der Waals surface area contributed by atoms with Gasteiger partial charge < -0.3 is 44.6 Å². The van der Waals surface area contributed by atoms with Gasteiger partial charge in [0.25, 0.3) is 0 Å². The summed E-state index contributed by atoms with van der Waals surface area (Å²) in [6.07, 6.45) is 3.99. The Labute approximate surface area is 316 Å². The van der Waals surface area contributed by atoms with Crippen molar-refractivity contribution in [1.82, 2.24) is 0 Å². The summed E-state index contributed by atoms with van der Waals surface area (Å²) in [5.41, 5.74) is 0. The molecule has 1 saturated carbocycles. The van der Waals surface area contributed by atoms with E-state index in [-0.39, 0.29) is 6.42 Å². The third-order valence-electron chi connectivity index (χ3n) is 7.78. The van der Waals surface area contributed by atoms with E-state index in [4.69, 9.17) is 34.7 Å². The molecular weight excluding hydrogens is 750 g/mol. The zero-order chi connectivity index (χ0) is 40.4. The Hall–Kier alpha value is -3.20. The van der Waals surface area contributed by atoms with Crippen LogP contribution in [0.4, 0.5) is 0 Å². The zero-order valence-electron chi connectivity index (χ0n) is 30.1. The summed E-state index contributed by atoms with van der Waals surface area (Å²) < 4.78 is 48.1. The average Bonchev–Trinajstić information content (AvgIpc) is 3.11. The fourth-order valence-corrected chi connectivity index (χ4v) is 6.62. The standard InChI is InChI=1S/C36H50O16P2/c1-3-5-7-9-11-13-14-15-16-17-19-21-23-25-30(38)50-28(26-48-29(37)24-22-20-18-12-10-8-6-4-2)27-49-54(46,47)52-36-33(41)31(39)35(32(40)34(36)42)51-53(43,44)45/h2,28,31-36,39-42H,3,5,7,9,11,13-17,19,21,23,25-27H2,1H3,(H,46,47)(H2,43,44,45)/t28-,31-,32+,33+,34?,35?,36?/m0/s1. The van der Waals surface area contributed by atoms with Crippen LogP contribution in [0, 0.1) is 59.7 Å². The van der Waals surface area contributed by atoms with Crippen molar-refractivity contribution in [2.75, 3.05) is 13.2 Å². The van der Waals surface area contributed by atoms with Crippen molar-refractivity contribution in [3.05, 3.63) is 0 Å². The topological polar surface area (TPSA) is 256 Å². The van der Waals surface area contributed by atoms with E-state index in [9.17, 15) is 44.0 Å². The minimum absolute atomic E-state index is 0.0221. The van der Waals surface area contributed by atoms with Crippen LogP contribution in [0.2, 0.25) is 0 Å². The molecule has 0 spiro atoms. The number of rotatable bonds is 24. The highest BCUT2D eigenvalue weighted by Gasteiger charge is 2.54. The number of unbranched alkanes of at least 4 members (excludes halogenated alkanes) is 12. The quantitative estimate of drug-likeness (QED) is 0.0242.